The lowest BCUT2D eigenvalue weighted by molar-refractivity contribution is 0.0926. The van der Waals surface area contributed by atoms with E-state index in [-0.39, 0.29) is 11.8 Å². The number of aryl methyl sites for hydroxylation is 1. The highest BCUT2D eigenvalue weighted by Crippen LogP contribution is 2.32. The molecule has 1 aliphatic rings. The quantitative estimate of drug-likeness (QED) is 0.626. The number of anilines is 2. The van der Waals surface area contributed by atoms with Crippen LogP contribution in [0.2, 0.25) is 0 Å². The number of nitrogens with zero attached hydrogens (tertiary/aromatic N) is 1. The second kappa shape index (κ2) is 3.95. The summed E-state index contributed by atoms with van der Waals surface area (Å²) < 4.78 is 0. The van der Waals surface area contributed by atoms with Crippen LogP contribution in [0.15, 0.2) is 42.5 Å². The topological polar surface area (TPSA) is 63.4 Å². The summed E-state index contributed by atoms with van der Waals surface area (Å²) in [6.45, 7) is 1.86. The van der Waals surface area contributed by atoms with Crippen molar-refractivity contribution in [3.05, 3.63) is 59.2 Å². The van der Waals surface area contributed by atoms with E-state index in [2.05, 4.69) is 0 Å². The lowest BCUT2D eigenvalue weighted by atomic mass is 10.1. The minimum atomic E-state index is -0.354. The van der Waals surface area contributed by atoms with Crippen molar-refractivity contribution in [1.29, 1.82) is 0 Å². The van der Waals surface area contributed by atoms with Gasteiger partial charge in [0.1, 0.15) is 0 Å². The third kappa shape index (κ3) is 1.53. The Hall–Kier alpha value is -2.62. The number of fused-ring (bicyclic) bond motifs is 1. The van der Waals surface area contributed by atoms with Gasteiger partial charge >= 0.3 is 0 Å². The Morgan fingerprint density at radius 1 is 0.947 bits per heavy atom. The predicted molar refractivity (Wildman–Crippen MR) is 73.2 cm³/mol. The molecule has 3 rings (SSSR count). The number of imide groups is 1. The van der Waals surface area contributed by atoms with Gasteiger partial charge in [-0.3, -0.25) is 9.59 Å². The summed E-state index contributed by atoms with van der Waals surface area (Å²) in [4.78, 5) is 26.0. The van der Waals surface area contributed by atoms with Crippen molar-refractivity contribution in [2.75, 3.05) is 10.6 Å². The minimum absolute atomic E-state index is 0.302. The van der Waals surface area contributed by atoms with E-state index in [1.807, 2.05) is 19.1 Å². The fraction of sp³-hybridized carbons (Fsp3) is 0.0667. The summed E-state index contributed by atoms with van der Waals surface area (Å²) in [6.07, 6.45) is 0. The number of para-hydroxylation sites is 1. The molecule has 94 valence electrons. The molecule has 0 radical (unpaired) electrons. The van der Waals surface area contributed by atoms with Gasteiger partial charge in [-0.2, -0.15) is 0 Å². The molecule has 0 aromatic heterocycles. The molecular weight excluding hydrogens is 240 g/mol. The van der Waals surface area contributed by atoms with Crippen LogP contribution in [0.3, 0.4) is 0 Å². The normalized spacial score (nSPS) is 13.8. The van der Waals surface area contributed by atoms with E-state index >= 15 is 0 Å². The van der Waals surface area contributed by atoms with Crippen LogP contribution < -0.4 is 10.6 Å². The zero-order valence-corrected chi connectivity index (χ0v) is 10.4. The summed E-state index contributed by atoms with van der Waals surface area (Å²) in [7, 11) is 0. The van der Waals surface area contributed by atoms with Gasteiger partial charge in [0, 0.05) is 5.69 Å². The van der Waals surface area contributed by atoms with Crippen molar-refractivity contribution in [2.45, 2.75) is 6.92 Å². The molecule has 0 spiro atoms. The smallest absolute Gasteiger partial charge is 0.268 e. The Morgan fingerprint density at radius 2 is 1.68 bits per heavy atom. The highest BCUT2D eigenvalue weighted by Gasteiger charge is 2.38. The number of hydrogen-bond donors (Lipinski definition) is 1. The molecule has 2 aromatic carbocycles. The first kappa shape index (κ1) is 11.5. The van der Waals surface area contributed by atoms with Gasteiger partial charge in [-0.15, -0.1) is 0 Å². The van der Waals surface area contributed by atoms with Gasteiger partial charge in [0.25, 0.3) is 11.8 Å². The van der Waals surface area contributed by atoms with Gasteiger partial charge in [-0.1, -0.05) is 24.3 Å². The monoisotopic (exact) mass is 252 g/mol. The first-order valence-corrected chi connectivity index (χ1v) is 5.94. The van der Waals surface area contributed by atoms with Crippen molar-refractivity contribution in [3.8, 4) is 0 Å². The molecule has 0 bridgehead atoms. The molecular formula is C15H12N2O2. The first-order chi connectivity index (χ1) is 9.11. The molecule has 4 heteroatoms. The van der Waals surface area contributed by atoms with Gasteiger partial charge in [0.2, 0.25) is 0 Å². The van der Waals surface area contributed by atoms with Crippen LogP contribution >= 0.6 is 0 Å². The van der Waals surface area contributed by atoms with Crippen LogP contribution in [0.5, 0.6) is 0 Å². The van der Waals surface area contributed by atoms with Crippen LogP contribution in [-0.4, -0.2) is 11.8 Å². The fourth-order valence-corrected chi connectivity index (χ4v) is 2.34. The summed E-state index contributed by atoms with van der Waals surface area (Å²) in [5.41, 5.74) is 8.29. The van der Waals surface area contributed by atoms with Crippen LogP contribution in [0.25, 0.3) is 0 Å². The molecule has 0 unspecified atom stereocenters. The van der Waals surface area contributed by atoms with Crippen molar-refractivity contribution in [3.63, 3.8) is 0 Å². The fourth-order valence-electron chi connectivity index (χ4n) is 2.34. The van der Waals surface area contributed by atoms with E-state index in [1.54, 1.807) is 30.3 Å². The first-order valence-electron chi connectivity index (χ1n) is 5.94. The number of benzene rings is 2. The molecule has 0 saturated heterocycles. The van der Waals surface area contributed by atoms with Crippen molar-refractivity contribution < 1.29 is 9.59 Å². The van der Waals surface area contributed by atoms with Crippen molar-refractivity contribution in [2.24, 2.45) is 0 Å². The molecule has 0 aliphatic carbocycles. The lowest BCUT2D eigenvalue weighted by Gasteiger charge is -2.16. The van der Waals surface area contributed by atoms with E-state index in [9.17, 15) is 9.59 Å². The molecule has 4 nitrogen and oxygen atoms in total. The van der Waals surface area contributed by atoms with Crippen molar-refractivity contribution >= 4 is 23.2 Å². The molecule has 0 saturated carbocycles. The van der Waals surface area contributed by atoms with Crippen LogP contribution in [-0.2, 0) is 0 Å². The Balaban J connectivity index is 2.19. The highest BCUT2D eigenvalue weighted by atomic mass is 16.2. The van der Waals surface area contributed by atoms with Crippen LogP contribution in [0, 0.1) is 6.92 Å². The zero-order chi connectivity index (χ0) is 13.6. The minimum Gasteiger partial charge on any atom is -0.398 e. The maximum Gasteiger partial charge on any atom is 0.268 e. The molecule has 2 aromatic rings. The number of hydrogen-bond acceptors (Lipinski definition) is 3. The Morgan fingerprint density at radius 3 is 2.37 bits per heavy atom. The van der Waals surface area contributed by atoms with E-state index in [4.69, 9.17) is 5.73 Å². The molecule has 0 fully saturated rings. The number of amides is 2. The van der Waals surface area contributed by atoms with Gasteiger partial charge in [-0.05, 0) is 30.7 Å². The zero-order valence-electron chi connectivity index (χ0n) is 10.4. The number of nitrogens with two attached hydrogens (primary N) is 1. The Labute approximate surface area is 110 Å². The van der Waals surface area contributed by atoms with Gasteiger partial charge < -0.3 is 5.73 Å². The maximum absolute atomic E-state index is 12.4. The predicted octanol–water partition coefficient (Wildman–Crippen LogP) is 2.38. The molecule has 1 heterocycles. The second-order valence-electron chi connectivity index (χ2n) is 4.50. The summed E-state index contributed by atoms with van der Waals surface area (Å²) in [5, 5.41) is 0. The average Bonchev–Trinajstić information content (AvgIpc) is 2.64. The largest absolute Gasteiger partial charge is 0.398 e. The van der Waals surface area contributed by atoms with E-state index in [0.29, 0.717) is 22.5 Å². The summed E-state index contributed by atoms with van der Waals surface area (Å²) >= 11 is 0. The summed E-state index contributed by atoms with van der Waals surface area (Å²) in [6, 6.07) is 12.2. The lowest BCUT2D eigenvalue weighted by Crippen LogP contribution is -2.30. The third-order valence-corrected chi connectivity index (χ3v) is 3.30. The number of nitrogen functional groups attached to an aromatic ring is 1. The second-order valence-corrected chi connectivity index (χ2v) is 4.50. The SMILES string of the molecule is Cc1ccccc1N1C(=O)c2cccc(N)c2C1=O. The number of rotatable bonds is 1. The molecule has 2 N–H and O–H groups in total. The summed E-state index contributed by atoms with van der Waals surface area (Å²) in [5.74, 6) is -0.672. The maximum atomic E-state index is 12.4. The standard InChI is InChI=1S/C15H12N2O2/c1-9-5-2-3-8-12(9)17-14(18)10-6-4-7-11(16)13(10)15(17)19/h2-8H,16H2,1H3. The Kier molecular flexibility index (Phi) is 2.38. The average molecular weight is 252 g/mol. The number of carbonyl (C=O) groups excluding carboxylic acids is 2. The van der Waals surface area contributed by atoms with Crippen LogP contribution in [0.4, 0.5) is 11.4 Å². The van der Waals surface area contributed by atoms with E-state index in [0.717, 1.165) is 5.56 Å². The van der Waals surface area contributed by atoms with Crippen LogP contribution in [0.1, 0.15) is 26.3 Å². The van der Waals surface area contributed by atoms with Crippen molar-refractivity contribution in [1.82, 2.24) is 0 Å². The molecule has 2 amide bonds. The van der Waals surface area contributed by atoms with Gasteiger partial charge in [0.05, 0.1) is 16.8 Å². The van der Waals surface area contributed by atoms with Gasteiger partial charge in [0.15, 0.2) is 0 Å². The van der Waals surface area contributed by atoms with Gasteiger partial charge in [-0.25, -0.2) is 4.90 Å². The third-order valence-electron chi connectivity index (χ3n) is 3.30. The molecule has 0 atom stereocenters. The van der Waals surface area contributed by atoms with E-state index < -0.39 is 0 Å². The highest BCUT2D eigenvalue weighted by molar-refractivity contribution is 6.36. The molecule has 19 heavy (non-hydrogen) atoms. The van der Waals surface area contributed by atoms with E-state index in [1.165, 1.54) is 4.90 Å². The number of carbonyl (C=O) groups is 2. The molecule has 1 aliphatic heterocycles. The Bertz CT molecular complexity index is 707.